The van der Waals surface area contributed by atoms with Gasteiger partial charge in [-0.1, -0.05) is 127 Å². The van der Waals surface area contributed by atoms with E-state index in [0.29, 0.717) is 22.3 Å². The Balaban J connectivity index is 1.55. The van der Waals surface area contributed by atoms with Gasteiger partial charge >= 0.3 is 0 Å². The Morgan fingerprint density at radius 1 is 0.524 bits per heavy atom. The summed E-state index contributed by atoms with van der Waals surface area (Å²) in [5, 5.41) is 0.742. The zero-order valence-corrected chi connectivity index (χ0v) is 22.7. The lowest BCUT2D eigenvalue weighted by molar-refractivity contribution is 1.00. The minimum Gasteiger partial charge on any atom is -0.297 e. The Hall–Kier alpha value is -5.47. The van der Waals surface area contributed by atoms with Gasteiger partial charge in [-0.2, -0.15) is 0 Å². The van der Waals surface area contributed by atoms with E-state index in [-0.39, 0.29) is 45.7 Å². The molecule has 42 heavy (non-hydrogen) atoms. The maximum Gasteiger partial charge on any atom is 0.111 e. The molecule has 0 atom stereocenters. The molecule has 0 fully saturated rings. The van der Waals surface area contributed by atoms with E-state index in [0.717, 1.165) is 33.7 Å². The van der Waals surface area contributed by atoms with Gasteiger partial charge in [-0.25, -0.2) is 4.98 Å². The fourth-order valence-corrected chi connectivity index (χ4v) is 6.00. The first kappa shape index (κ1) is 17.4. The van der Waals surface area contributed by atoms with Gasteiger partial charge in [0.05, 0.1) is 22.0 Å². The maximum absolute atomic E-state index is 9.28. The fourth-order valence-electron chi connectivity index (χ4n) is 6.00. The molecule has 2 heteroatoms. The topological polar surface area (TPSA) is 17.8 Å². The van der Waals surface area contributed by atoms with Gasteiger partial charge in [0.25, 0.3) is 0 Å². The minimum atomic E-state index is -0.427. The highest BCUT2D eigenvalue weighted by atomic mass is 15.1. The Morgan fingerprint density at radius 2 is 1.07 bits per heavy atom. The Bertz CT molecular complexity index is 2600. The van der Waals surface area contributed by atoms with E-state index in [4.69, 9.17) is 10.5 Å². The predicted molar refractivity (Wildman–Crippen MR) is 177 cm³/mol. The molecule has 8 rings (SSSR count). The Morgan fingerprint density at radius 3 is 1.74 bits per heavy atom. The van der Waals surface area contributed by atoms with Gasteiger partial charge in [-0.15, -0.1) is 0 Å². The van der Waals surface area contributed by atoms with E-state index in [1.807, 2.05) is 115 Å². The summed E-state index contributed by atoms with van der Waals surface area (Å²) in [4.78, 5) is 4.69. The Labute approximate surface area is 256 Å². The van der Waals surface area contributed by atoms with Crippen molar-refractivity contribution in [2.45, 2.75) is 6.92 Å². The third kappa shape index (κ3) is 3.84. The molecule has 0 aliphatic carbocycles. The van der Waals surface area contributed by atoms with Gasteiger partial charge < -0.3 is 0 Å². The molecule has 0 N–H and O–H groups in total. The molecule has 0 aliphatic rings. The number of aromatic nitrogens is 2. The van der Waals surface area contributed by atoms with Crippen molar-refractivity contribution in [1.29, 1.82) is 0 Å². The first-order valence-corrected chi connectivity index (χ1v) is 13.8. The van der Waals surface area contributed by atoms with E-state index >= 15 is 0 Å². The van der Waals surface area contributed by atoms with Crippen molar-refractivity contribution in [1.82, 2.24) is 9.55 Å². The first-order chi connectivity index (χ1) is 24.1. The summed E-state index contributed by atoms with van der Waals surface area (Å²) in [6, 6.07) is 29.5. The number of aryl methyl sites for hydroxylation is 1. The third-order valence-electron chi connectivity index (χ3n) is 7.80. The van der Waals surface area contributed by atoms with Gasteiger partial charge in [0, 0.05) is 5.69 Å². The molecule has 8 aromatic rings. The summed E-state index contributed by atoms with van der Waals surface area (Å²) in [7, 11) is 0. The zero-order valence-electron chi connectivity index (χ0n) is 30.7. The summed E-state index contributed by atoms with van der Waals surface area (Å²) in [6.45, 7) is 1.92. The molecule has 0 bridgehead atoms. The first-order valence-electron chi connectivity index (χ1n) is 17.8. The standard InChI is InChI=1S/C40H28N2/c1-27-41-37-21-11-12-22-38(37)42(27)30-25-23-29(24-26-30)39-33-17-7-9-19-35(33)40(36-20-10-8-18-34(36)39)32-16-6-5-15-31(32)28-13-3-2-4-14-28/h2-26H,1H3/i7D,8D,9D,10D,17D,18D,19D,20D. The van der Waals surface area contributed by atoms with Crippen LogP contribution in [-0.2, 0) is 0 Å². The molecule has 2 nitrogen and oxygen atoms in total. The van der Waals surface area contributed by atoms with Gasteiger partial charge in [0.1, 0.15) is 5.82 Å². The number of imidazole rings is 1. The van der Waals surface area contributed by atoms with E-state index in [9.17, 15) is 5.48 Å². The SMILES string of the molecule is [2H]c1c([2H])c([2H])c2c(-c3ccccc3-c3ccccc3)c3c([2H])c([2H])c([2H])c([2H])c3c(-c3ccc(-n4c(C)nc5ccccc54)cc3)c2c1[2H]. The predicted octanol–water partition coefficient (Wildman–Crippen LogP) is 10.6. The average molecular weight is 545 g/mol. The highest BCUT2D eigenvalue weighted by Gasteiger charge is 2.19. The molecule has 0 unspecified atom stereocenters. The molecular weight excluding hydrogens is 508 g/mol. The summed E-state index contributed by atoms with van der Waals surface area (Å²) in [5.41, 5.74) is 6.00. The summed E-state index contributed by atoms with van der Waals surface area (Å²) in [6.07, 6.45) is 0. The minimum absolute atomic E-state index is 0.184. The lowest BCUT2D eigenvalue weighted by Gasteiger charge is -2.20. The molecule has 0 amide bonds. The van der Waals surface area contributed by atoms with Crippen molar-refractivity contribution < 1.29 is 11.0 Å². The van der Waals surface area contributed by atoms with Gasteiger partial charge in [-0.3, -0.25) is 4.57 Å². The van der Waals surface area contributed by atoms with Crippen LogP contribution in [0.2, 0.25) is 0 Å². The average Bonchev–Trinajstić information content (AvgIpc) is 3.49. The van der Waals surface area contributed by atoms with Crippen LogP contribution in [0.3, 0.4) is 0 Å². The number of hydrogen-bond acceptors (Lipinski definition) is 1. The van der Waals surface area contributed by atoms with Crippen molar-refractivity contribution in [3.63, 3.8) is 0 Å². The smallest absolute Gasteiger partial charge is 0.111 e. The van der Waals surface area contributed by atoms with Crippen molar-refractivity contribution in [3.05, 3.63) is 157 Å². The van der Waals surface area contributed by atoms with Crippen LogP contribution in [0.1, 0.15) is 16.8 Å². The van der Waals surface area contributed by atoms with Gasteiger partial charge in [-0.05, 0) is 86.1 Å². The molecule has 1 aromatic heterocycles. The molecule has 0 aliphatic heterocycles. The van der Waals surface area contributed by atoms with Crippen LogP contribution in [0.5, 0.6) is 0 Å². The number of hydrogen-bond donors (Lipinski definition) is 0. The van der Waals surface area contributed by atoms with E-state index in [1.165, 1.54) is 0 Å². The largest absolute Gasteiger partial charge is 0.297 e. The number of para-hydroxylation sites is 2. The van der Waals surface area contributed by atoms with Crippen LogP contribution >= 0.6 is 0 Å². The third-order valence-corrected chi connectivity index (χ3v) is 7.80. The highest BCUT2D eigenvalue weighted by Crippen LogP contribution is 2.46. The van der Waals surface area contributed by atoms with Crippen LogP contribution in [0.4, 0.5) is 0 Å². The van der Waals surface area contributed by atoms with Crippen molar-refractivity contribution in [2.24, 2.45) is 0 Å². The van der Waals surface area contributed by atoms with Crippen molar-refractivity contribution >= 4 is 32.6 Å². The van der Waals surface area contributed by atoms with Crippen LogP contribution in [-0.4, -0.2) is 9.55 Å². The normalized spacial score (nSPS) is 14.1. The summed E-state index contributed by atoms with van der Waals surface area (Å²) in [5.74, 6) is 0.791. The molecule has 198 valence electrons. The van der Waals surface area contributed by atoms with E-state index < -0.39 is 24.2 Å². The number of benzene rings is 7. The monoisotopic (exact) mass is 544 g/mol. The van der Waals surface area contributed by atoms with E-state index in [1.54, 1.807) is 0 Å². The number of fused-ring (bicyclic) bond motifs is 3. The second-order valence-electron chi connectivity index (χ2n) is 10.2. The molecule has 0 saturated carbocycles. The second kappa shape index (κ2) is 9.87. The quantitative estimate of drug-likeness (QED) is 0.202. The Kier molecular flexibility index (Phi) is 4.08. The zero-order chi connectivity index (χ0) is 35.0. The number of nitrogens with zero attached hydrogens (tertiary/aromatic N) is 2. The summed E-state index contributed by atoms with van der Waals surface area (Å²) >= 11 is 0. The molecule has 0 radical (unpaired) electrons. The molecule has 7 aromatic carbocycles. The van der Waals surface area contributed by atoms with Crippen molar-refractivity contribution in [3.8, 4) is 39.1 Å². The maximum atomic E-state index is 9.28. The fraction of sp³-hybridized carbons (Fsp3) is 0.0250. The van der Waals surface area contributed by atoms with Crippen LogP contribution < -0.4 is 0 Å². The van der Waals surface area contributed by atoms with Crippen LogP contribution in [0.25, 0.3) is 71.6 Å². The lowest BCUT2D eigenvalue weighted by atomic mass is 9.84. The lowest BCUT2D eigenvalue weighted by Crippen LogP contribution is -1.97. The molecular formula is C40H28N2. The van der Waals surface area contributed by atoms with E-state index in [2.05, 4.69) is 0 Å². The van der Waals surface area contributed by atoms with Crippen LogP contribution in [0.15, 0.2) is 151 Å². The molecule has 1 heterocycles. The number of rotatable bonds is 4. The van der Waals surface area contributed by atoms with Crippen molar-refractivity contribution in [2.75, 3.05) is 0 Å². The van der Waals surface area contributed by atoms with Gasteiger partial charge in [0.15, 0.2) is 0 Å². The second-order valence-corrected chi connectivity index (χ2v) is 10.2. The molecule has 0 saturated heterocycles. The van der Waals surface area contributed by atoms with Gasteiger partial charge in [0.2, 0.25) is 0 Å². The highest BCUT2D eigenvalue weighted by molar-refractivity contribution is 6.22. The summed E-state index contributed by atoms with van der Waals surface area (Å²) < 4.78 is 74.1. The molecule has 0 spiro atoms. The van der Waals surface area contributed by atoms with Crippen LogP contribution in [0, 0.1) is 6.92 Å².